The second kappa shape index (κ2) is 6.30. The van der Waals surface area contributed by atoms with Crippen LogP contribution in [-0.4, -0.2) is 35.0 Å². The highest BCUT2D eigenvalue weighted by molar-refractivity contribution is 5.89. The van der Waals surface area contributed by atoms with E-state index >= 15 is 0 Å². The lowest BCUT2D eigenvalue weighted by Gasteiger charge is -2.38. The van der Waals surface area contributed by atoms with E-state index in [1.165, 1.54) is 12.1 Å². The monoisotopic (exact) mass is 319 g/mol. The standard InChI is InChI=1S/C18H22FNO3/c19-15-5-3-14(4-6-15)18(9-1-2-10-18)17(23)20-11-7-13(8-12-20)16(21)22/h3-6,13H,1-2,7-12H2,(H,21,22). The van der Waals surface area contributed by atoms with Crippen molar-refractivity contribution in [3.05, 3.63) is 35.6 Å². The molecule has 0 atom stereocenters. The number of carbonyl (C=O) groups is 2. The second-order valence-electron chi connectivity index (χ2n) is 6.70. The van der Waals surface area contributed by atoms with Crippen LogP contribution in [0.5, 0.6) is 0 Å². The molecule has 0 bridgehead atoms. The maximum absolute atomic E-state index is 13.2. The predicted molar refractivity (Wildman–Crippen MR) is 83.5 cm³/mol. The number of benzene rings is 1. The van der Waals surface area contributed by atoms with Gasteiger partial charge in [-0.2, -0.15) is 0 Å². The Bertz CT molecular complexity index is 585. The number of carboxylic acid groups (broad SMARTS) is 1. The van der Waals surface area contributed by atoms with Crippen molar-refractivity contribution in [3.8, 4) is 0 Å². The summed E-state index contributed by atoms with van der Waals surface area (Å²) in [5.74, 6) is -1.32. The fourth-order valence-electron chi connectivity index (χ4n) is 4.01. The Hall–Kier alpha value is -1.91. The third kappa shape index (κ3) is 2.96. The van der Waals surface area contributed by atoms with Crippen LogP contribution in [-0.2, 0) is 15.0 Å². The minimum atomic E-state index is -0.772. The minimum absolute atomic E-state index is 0.0884. The maximum Gasteiger partial charge on any atom is 0.306 e. The number of piperidine rings is 1. The van der Waals surface area contributed by atoms with Gasteiger partial charge in [0.15, 0.2) is 0 Å². The summed E-state index contributed by atoms with van der Waals surface area (Å²) >= 11 is 0. The number of carbonyl (C=O) groups excluding carboxylic acids is 1. The summed E-state index contributed by atoms with van der Waals surface area (Å²) in [5.41, 5.74) is 0.339. The molecule has 0 radical (unpaired) electrons. The zero-order chi connectivity index (χ0) is 16.4. The summed E-state index contributed by atoms with van der Waals surface area (Å²) < 4.78 is 13.2. The van der Waals surface area contributed by atoms with E-state index in [1.807, 2.05) is 4.90 Å². The number of halogens is 1. The molecule has 0 aromatic heterocycles. The third-order valence-electron chi connectivity index (χ3n) is 5.39. The molecule has 1 saturated carbocycles. The van der Waals surface area contributed by atoms with Gasteiger partial charge in [-0.05, 0) is 43.4 Å². The Morgan fingerprint density at radius 1 is 1.09 bits per heavy atom. The van der Waals surface area contributed by atoms with Gasteiger partial charge in [0, 0.05) is 13.1 Å². The SMILES string of the molecule is O=C(O)C1CCN(C(=O)C2(c3ccc(F)cc3)CCCC2)CC1. The molecule has 3 rings (SSSR count). The lowest BCUT2D eigenvalue weighted by molar-refractivity contribution is -0.147. The number of hydrogen-bond acceptors (Lipinski definition) is 2. The number of amides is 1. The molecule has 1 N–H and O–H groups in total. The van der Waals surface area contributed by atoms with E-state index in [9.17, 15) is 14.0 Å². The van der Waals surface area contributed by atoms with Crippen molar-refractivity contribution in [1.82, 2.24) is 4.90 Å². The molecule has 1 saturated heterocycles. The summed E-state index contributed by atoms with van der Waals surface area (Å²) in [6.45, 7) is 0.998. The minimum Gasteiger partial charge on any atom is -0.481 e. The van der Waals surface area contributed by atoms with Gasteiger partial charge >= 0.3 is 5.97 Å². The highest BCUT2D eigenvalue weighted by Crippen LogP contribution is 2.43. The van der Waals surface area contributed by atoms with Gasteiger partial charge in [-0.3, -0.25) is 9.59 Å². The average molecular weight is 319 g/mol. The van der Waals surface area contributed by atoms with Crippen LogP contribution in [0.2, 0.25) is 0 Å². The van der Waals surface area contributed by atoms with E-state index < -0.39 is 11.4 Å². The van der Waals surface area contributed by atoms with Crippen LogP contribution >= 0.6 is 0 Å². The van der Waals surface area contributed by atoms with Crippen LogP contribution in [0.3, 0.4) is 0 Å². The number of likely N-dealkylation sites (tertiary alicyclic amines) is 1. The van der Waals surface area contributed by atoms with Crippen LogP contribution < -0.4 is 0 Å². The average Bonchev–Trinajstić information content (AvgIpc) is 3.06. The Balaban J connectivity index is 1.80. The zero-order valence-electron chi connectivity index (χ0n) is 13.1. The van der Waals surface area contributed by atoms with E-state index in [2.05, 4.69) is 0 Å². The number of nitrogens with zero attached hydrogens (tertiary/aromatic N) is 1. The third-order valence-corrected chi connectivity index (χ3v) is 5.39. The molecule has 5 heteroatoms. The van der Waals surface area contributed by atoms with Gasteiger partial charge in [-0.15, -0.1) is 0 Å². The largest absolute Gasteiger partial charge is 0.481 e. The molecule has 2 fully saturated rings. The first-order valence-electron chi connectivity index (χ1n) is 8.31. The molecule has 1 aliphatic carbocycles. The van der Waals surface area contributed by atoms with E-state index in [-0.39, 0.29) is 17.6 Å². The first-order chi connectivity index (χ1) is 11.0. The van der Waals surface area contributed by atoms with Gasteiger partial charge in [0.25, 0.3) is 0 Å². The molecule has 1 aromatic carbocycles. The van der Waals surface area contributed by atoms with Crippen LogP contribution in [0.1, 0.15) is 44.1 Å². The topological polar surface area (TPSA) is 57.6 Å². The predicted octanol–water partition coefficient (Wildman–Crippen LogP) is 2.96. The highest BCUT2D eigenvalue weighted by atomic mass is 19.1. The number of rotatable bonds is 3. The lowest BCUT2D eigenvalue weighted by Crippen LogP contribution is -2.49. The van der Waals surface area contributed by atoms with Gasteiger partial charge in [0.2, 0.25) is 5.91 Å². The van der Waals surface area contributed by atoms with Gasteiger partial charge in [-0.1, -0.05) is 25.0 Å². The van der Waals surface area contributed by atoms with Crippen LogP contribution in [0.25, 0.3) is 0 Å². The molecule has 1 aromatic rings. The fraction of sp³-hybridized carbons (Fsp3) is 0.556. The fourth-order valence-corrected chi connectivity index (χ4v) is 4.01. The Morgan fingerprint density at radius 3 is 2.17 bits per heavy atom. The molecule has 1 amide bonds. The number of carboxylic acids is 1. The van der Waals surface area contributed by atoms with Crippen molar-refractivity contribution in [1.29, 1.82) is 0 Å². The molecule has 0 unspecified atom stereocenters. The normalized spacial score (nSPS) is 21.3. The summed E-state index contributed by atoms with van der Waals surface area (Å²) in [5, 5.41) is 9.09. The molecule has 0 spiro atoms. The molecular weight excluding hydrogens is 297 g/mol. The van der Waals surface area contributed by atoms with Gasteiger partial charge < -0.3 is 10.0 Å². The van der Waals surface area contributed by atoms with E-state index in [4.69, 9.17) is 5.11 Å². The second-order valence-corrected chi connectivity index (χ2v) is 6.70. The van der Waals surface area contributed by atoms with Crippen molar-refractivity contribution in [3.63, 3.8) is 0 Å². The van der Waals surface area contributed by atoms with Gasteiger partial charge in [-0.25, -0.2) is 4.39 Å². The Morgan fingerprint density at radius 2 is 1.65 bits per heavy atom. The molecule has 2 aliphatic rings. The molecule has 4 nitrogen and oxygen atoms in total. The van der Waals surface area contributed by atoms with Crippen molar-refractivity contribution in [2.45, 2.75) is 43.9 Å². The van der Waals surface area contributed by atoms with Crippen molar-refractivity contribution < 1.29 is 19.1 Å². The zero-order valence-corrected chi connectivity index (χ0v) is 13.1. The van der Waals surface area contributed by atoms with Crippen LogP contribution in [0.4, 0.5) is 4.39 Å². The van der Waals surface area contributed by atoms with Crippen LogP contribution in [0, 0.1) is 11.7 Å². The van der Waals surface area contributed by atoms with Gasteiger partial charge in [0.05, 0.1) is 11.3 Å². The van der Waals surface area contributed by atoms with Crippen LogP contribution in [0.15, 0.2) is 24.3 Å². The van der Waals surface area contributed by atoms with E-state index in [1.54, 1.807) is 12.1 Å². The van der Waals surface area contributed by atoms with Crippen molar-refractivity contribution >= 4 is 11.9 Å². The highest BCUT2D eigenvalue weighted by Gasteiger charge is 2.45. The van der Waals surface area contributed by atoms with E-state index in [0.29, 0.717) is 25.9 Å². The summed E-state index contributed by atoms with van der Waals surface area (Å²) in [6.07, 6.45) is 4.59. The molecule has 124 valence electrons. The first kappa shape index (κ1) is 16.0. The summed E-state index contributed by atoms with van der Waals surface area (Å²) in [7, 11) is 0. The van der Waals surface area contributed by atoms with E-state index in [0.717, 1.165) is 31.2 Å². The summed E-state index contributed by atoms with van der Waals surface area (Å²) in [4.78, 5) is 26.0. The molecule has 23 heavy (non-hydrogen) atoms. The molecule has 1 aliphatic heterocycles. The smallest absolute Gasteiger partial charge is 0.306 e. The first-order valence-corrected chi connectivity index (χ1v) is 8.31. The summed E-state index contributed by atoms with van der Waals surface area (Å²) in [6, 6.07) is 6.28. The Kier molecular flexibility index (Phi) is 4.37. The van der Waals surface area contributed by atoms with Gasteiger partial charge in [0.1, 0.15) is 5.82 Å². The number of aliphatic carboxylic acids is 1. The number of hydrogen-bond donors (Lipinski definition) is 1. The Labute approximate surface area is 135 Å². The lowest BCUT2D eigenvalue weighted by atomic mass is 9.77. The van der Waals surface area contributed by atoms with Crippen molar-refractivity contribution in [2.24, 2.45) is 5.92 Å². The molecular formula is C18H22FNO3. The molecule has 1 heterocycles. The quantitative estimate of drug-likeness (QED) is 0.932. The maximum atomic E-state index is 13.2. The van der Waals surface area contributed by atoms with Crippen molar-refractivity contribution in [2.75, 3.05) is 13.1 Å².